The van der Waals surface area contributed by atoms with Crippen molar-refractivity contribution in [3.8, 4) is 11.5 Å². The highest BCUT2D eigenvalue weighted by molar-refractivity contribution is 8.15. The summed E-state index contributed by atoms with van der Waals surface area (Å²) in [5, 5.41) is 6.85. The summed E-state index contributed by atoms with van der Waals surface area (Å²) in [6.07, 6.45) is 0.662. The SMILES string of the molecule is CCOc1ccc(CCNC(=O)c2cccc(NC3=N[C@@H]4CS(=O)(=O)C[C@H]4S3)c2)cc1OCC. The zero-order chi connectivity index (χ0) is 24.1. The van der Waals surface area contributed by atoms with Gasteiger partial charge in [0.25, 0.3) is 5.91 Å². The summed E-state index contributed by atoms with van der Waals surface area (Å²) < 4.78 is 34.7. The Morgan fingerprint density at radius 1 is 1.09 bits per heavy atom. The van der Waals surface area contributed by atoms with Gasteiger partial charge in [-0.15, -0.1) is 0 Å². The number of amides is 1. The fourth-order valence-electron chi connectivity index (χ4n) is 3.95. The van der Waals surface area contributed by atoms with Gasteiger partial charge < -0.3 is 20.1 Å². The van der Waals surface area contributed by atoms with Gasteiger partial charge in [-0.3, -0.25) is 9.79 Å². The van der Waals surface area contributed by atoms with Crippen molar-refractivity contribution in [3.05, 3.63) is 53.6 Å². The molecule has 0 aromatic heterocycles. The number of nitrogens with one attached hydrogen (secondary N) is 2. The van der Waals surface area contributed by atoms with Gasteiger partial charge in [0.05, 0.1) is 30.8 Å². The predicted octanol–water partition coefficient (Wildman–Crippen LogP) is 3.14. The number of aliphatic imine (C=N–C) groups is 1. The topological polar surface area (TPSA) is 106 Å². The van der Waals surface area contributed by atoms with E-state index in [0.29, 0.717) is 42.7 Å². The van der Waals surface area contributed by atoms with E-state index in [1.54, 1.807) is 12.1 Å². The average Bonchev–Trinajstić information content (AvgIpc) is 3.28. The minimum atomic E-state index is -2.98. The van der Waals surface area contributed by atoms with Crippen LogP contribution in [0.2, 0.25) is 0 Å². The summed E-state index contributed by atoms with van der Waals surface area (Å²) in [6, 6.07) is 12.8. The van der Waals surface area contributed by atoms with Crippen LogP contribution in [0, 0.1) is 0 Å². The lowest BCUT2D eigenvalue weighted by Gasteiger charge is -2.13. The van der Waals surface area contributed by atoms with Crippen LogP contribution in [0.1, 0.15) is 29.8 Å². The number of nitrogens with zero attached hydrogens (tertiary/aromatic N) is 1. The zero-order valence-electron chi connectivity index (χ0n) is 19.2. The van der Waals surface area contributed by atoms with Crippen LogP contribution in [0.3, 0.4) is 0 Å². The van der Waals surface area contributed by atoms with Crippen molar-refractivity contribution < 1.29 is 22.7 Å². The number of amidine groups is 1. The average molecular weight is 504 g/mol. The maximum Gasteiger partial charge on any atom is 0.251 e. The van der Waals surface area contributed by atoms with E-state index in [0.717, 1.165) is 17.0 Å². The molecule has 0 aliphatic carbocycles. The summed E-state index contributed by atoms with van der Waals surface area (Å²) in [5.74, 6) is 1.54. The maximum atomic E-state index is 12.7. The van der Waals surface area contributed by atoms with Crippen LogP contribution in [-0.2, 0) is 16.3 Å². The molecule has 2 aromatic rings. The van der Waals surface area contributed by atoms with E-state index in [-0.39, 0.29) is 28.7 Å². The van der Waals surface area contributed by atoms with Crippen LogP contribution in [-0.4, -0.2) is 62.0 Å². The van der Waals surface area contributed by atoms with Crippen LogP contribution < -0.4 is 20.1 Å². The number of thioether (sulfide) groups is 1. The van der Waals surface area contributed by atoms with E-state index in [1.807, 2.05) is 44.2 Å². The Labute approximate surface area is 204 Å². The van der Waals surface area contributed by atoms with Gasteiger partial charge in [-0.05, 0) is 56.2 Å². The van der Waals surface area contributed by atoms with Gasteiger partial charge in [-0.2, -0.15) is 0 Å². The quantitative estimate of drug-likeness (QED) is 0.542. The number of hydrogen-bond acceptors (Lipinski definition) is 8. The van der Waals surface area contributed by atoms with Gasteiger partial charge in [-0.1, -0.05) is 23.9 Å². The van der Waals surface area contributed by atoms with E-state index in [9.17, 15) is 13.2 Å². The second-order valence-electron chi connectivity index (χ2n) is 8.09. The van der Waals surface area contributed by atoms with Gasteiger partial charge in [0.15, 0.2) is 26.5 Å². The van der Waals surface area contributed by atoms with Crippen LogP contribution in [0.25, 0.3) is 0 Å². The number of carbonyl (C=O) groups is 1. The van der Waals surface area contributed by atoms with Gasteiger partial charge in [0.2, 0.25) is 0 Å². The maximum absolute atomic E-state index is 12.7. The first kappa shape index (κ1) is 24.4. The van der Waals surface area contributed by atoms with Crippen molar-refractivity contribution in [1.29, 1.82) is 0 Å². The summed E-state index contributed by atoms with van der Waals surface area (Å²) in [5.41, 5.74) is 2.33. The molecule has 2 aliphatic rings. The standard InChI is InChI=1S/C24H29N3O5S2/c1-3-31-20-9-8-16(12-21(20)32-4-2)10-11-25-23(28)17-6-5-7-18(13-17)26-24-27-19-14-34(29,30)15-22(19)33-24/h5-9,12-13,19,22H,3-4,10-11,14-15H2,1-2H3,(H,25,28)(H,26,27)/t19-,22-/m1/s1. The van der Waals surface area contributed by atoms with Crippen molar-refractivity contribution >= 4 is 38.4 Å². The Bertz CT molecular complexity index is 1180. The number of anilines is 1. The molecular weight excluding hydrogens is 474 g/mol. The monoisotopic (exact) mass is 503 g/mol. The van der Waals surface area contributed by atoms with E-state index in [1.165, 1.54) is 11.8 Å². The van der Waals surface area contributed by atoms with E-state index >= 15 is 0 Å². The molecule has 4 rings (SSSR count). The Balaban J connectivity index is 1.31. The largest absolute Gasteiger partial charge is 0.490 e. The highest BCUT2D eigenvalue weighted by Crippen LogP contribution is 2.34. The van der Waals surface area contributed by atoms with Crippen LogP contribution >= 0.6 is 11.8 Å². The molecule has 2 aromatic carbocycles. The van der Waals surface area contributed by atoms with Crippen molar-refractivity contribution in [2.45, 2.75) is 31.6 Å². The van der Waals surface area contributed by atoms with E-state index in [2.05, 4.69) is 15.6 Å². The third-order valence-electron chi connectivity index (χ3n) is 5.50. The van der Waals surface area contributed by atoms with Gasteiger partial charge >= 0.3 is 0 Å². The van der Waals surface area contributed by atoms with Gasteiger partial charge in [0, 0.05) is 23.0 Å². The molecule has 34 heavy (non-hydrogen) atoms. The lowest BCUT2D eigenvalue weighted by atomic mass is 10.1. The Hall–Kier alpha value is -2.72. The van der Waals surface area contributed by atoms with E-state index < -0.39 is 9.84 Å². The molecule has 1 fully saturated rings. The summed E-state index contributed by atoms with van der Waals surface area (Å²) >= 11 is 1.45. The first-order chi connectivity index (χ1) is 16.4. The number of rotatable bonds is 9. The highest BCUT2D eigenvalue weighted by Gasteiger charge is 2.42. The Kier molecular flexibility index (Phi) is 7.67. The third-order valence-corrected chi connectivity index (χ3v) is 8.64. The summed E-state index contributed by atoms with van der Waals surface area (Å²) in [4.78, 5) is 17.2. The number of ether oxygens (including phenoxy) is 2. The lowest BCUT2D eigenvalue weighted by molar-refractivity contribution is 0.0954. The predicted molar refractivity (Wildman–Crippen MR) is 136 cm³/mol. The highest BCUT2D eigenvalue weighted by atomic mass is 32.2. The molecule has 2 heterocycles. The molecule has 0 spiro atoms. The number of hydrogen-bond donors (Lipinski definition) is 2. The van der Waals surface area contributed by atoms with Crippen molar-refractivity contribution in [1.82, 2.24) is 5.32 Å². The molecule has 0 radical (unpaired) electrons. The van der Waals surface area contributed by atoms with Crippen LogP contribution in [0.5, 0.6) is 11.5 Å². The molecule has 182 valence electrons. The zero-order valence-corrected chi connectivity index (χ0v) is 20.9. The number of sulfone groups is 1. The molecular formula is C24H29N3O5S2. The smallest absolute Gasteiger partial charge is 0.251 e. The Morgan fingerprint density at radius 2 is 1.88 bits per heavy atom. The fraction of sp³-hybridized carbons (Fsp3) is 0.417. The second-order valence-corrected chi connectivity index (χ2v) is 11.5. The van der Waals surface area contributed by atoms with Crippen LogP contribution in [0.4, 0.5) is 5.69 Å². The molecule has 0 bridgehead atoms. The molecule has 1 saturated heterocycles. The molecule has 8 nitrogen and oxygen atoms in total. The molecule has 10 heteroatoms. The fourth-order valence-corrected chi connectivity index (χ4v) is 7.63. The number of carbonyl (C=O) groups excluding carboxylic acids is 1. The Morgan fingerprint density at radius 3 is 2.65 bits per heavy atom. The third kappa shape index (κ3) is 6.04. The number of fused-ring (bicyclic) bond motifs is 1. The first-order valence-electron chi connectivity index (χ1n) is 11.4. The molecule has 0 unspecified atom stereocenters. The van der Waals surface area contributed by atoms with Crippen molar-refractivity contribution in [2.24, 2.45) is 4.99 Å². The lowest BCUT2D eigenvalue weighted by Crippen LogP contribution is -2.25. The first-order valence-corrected chi connectivity index (χ1v) is 14.1. The molecule has 2 N–H and O–H groups in total. The van der Waals surface area contributed by atoms with Crippen molar-refractivity contribution in [2.75, 3.05) is 36.6 Å². The summed E-state index contributed by atoms with van der Waals surface area (Å²) in [6.45, 7) is 5.46. The minimum absolute atomic E-state index is 0.0233. The number of benzene rings is 2. The van der Waals surface area contributed by atoms with E-state index in [4.69, 9.17) is 9.47 Å². The van der Waals surface area contributed by atoms with Gasteiger partial charge in [0.1, 0.15) is 0 Å². The molecule has 2 aliphatic heterocycles. The van der Waals surface area contributed by atoms with Gasteiger partial charge in [-0.25, -0.2) is 8.42 Å². The molecule has 1 amide bonds. The molecule has 2 atom stereocenters. The molecule has 0 saturated carbocycles. The van der Waals surface area contributed by atoms with Crippen molar-refractivity contribution in [3.63, 3.8) is 0 Å². The second kappa shape index (κ2) is 10.7. The van der Waals surface area contributed by atoms with Crippen LogP contribution in [0.15, 0.2) is 47.5 Å². The minimum Gasteiger partial charge on any atom is -0.490 e. The summed E-state index contributed by atoms with van der Waals surface area (Å²) in [7, 11) is -2.98. The normalized spacial score (nSPS) is 20.4.